The summed E-state index contributed by atoms with van der Waals surface area (Å²) in [7, 11) is -15.6. The standard InChI is InChI=1S/C19H17S.C5F12NO4S2/c1-16-12-14-19(15-13-16)20(17-8-4-2-5-9-17)18-10-6-3-7-11-18;6-1(7,3(10,11)12)2(8,9)4(13,14)23(19,20)18-24(21,22)5(15,16)17/h2-15H,1H3;/q+1;-1. The molecule has 20 heteroatoms. The lowest BCUT2D eigenvalue weighted by Crippen LogP contribution is -2.63. The number of rotatable bonds is 8. The van der Waals surface area contributed by atoms with Crippen molar-refractivity contribution in [3.8, 4) is 0 Å². The van der Waals surface area contributed by atoms with Gasteiger partial charge in [-0.15, -0.1) is 0 Å². The predicted molar refractivity (Wildman–Crippen MR) is 134 cm³/mol. The molecule has 0 bridgehead atoms. The Kier molecular flexibility index (Phi) is 10.8. The van der Waals surface area contributed by atoms with Crippen molar-refractivity contribution >= 4 is 30.9 Å². The maximum atomic E-state index is 12.9. The second kappa shape index (κ2) is 12.8. The van der Waals surface area contributed by atoms with Crippen LogP contribution in [-0.4, -0.2) is 45.6 Å². The molecule has 0 radical (unpaired) electrons. The molecule has 5 nitrogen and oxygen atoms in total. The van der Waals surface area contributed by atoms with E-state index in [4.69, 9.17) is 0 Å². The Labute approximate surface area is 245 Å². The molecule has 0 aliphatic carbocycles. The highest BCUT2D eigenvalue weighted by Crippen LogP contribution is 2.56. The fourth-order valence-corrected chi connectivity index (χ4v) is 7.22. The van der Waals surface area contributed by atoms with Crippen LogP contribution in [0, 0.1) is 6.92 Å². The van der Waals surface area contributed by atoms with Crippen molar-refractivity contribution < 1.29 is 69.5 Å². The van der Waals surface area contributed by atoms with Gasteiger partial charge >= 0.3 is 28.8 Å². The molecular weight excluding hydrogens is 690 g/mol. The molecule has 0 N–H and O–H groups in total. The Morgan fingerprint density at radius 2 is 0.886 bits per heavy atom. The molecule has 0 fully saturated rings. The summed E-state index contributed by atoms with van der Waals surface area (Å²) in [5.41, 5.74) is -5.45. The number of nitrogens with zero attached hydrogens (tertiary/aromatic N) is 1. The third-order valence-corrected chi connectivity index (χ3v) is 10.4. The highest BCUT2D eigenvalue weighted by Gasteiger charge is 2.84. The number of alkyl halides is 12. The van der Waals surface area contributed by atoms with Crippen molar-refractivity contribution in [2.45, 2.75) is 50.4 Å². The van der Waals surface area contributed by atoms with Crippen molar-refractivity contribution in [2.75, 3.05) is 0 Å². The zero-order valence-corrected chi connectivity index (χ0v) is 23.9. The van der Waals surface area contributed by atoms with Crippen molar-refractivity contribution in [1.82, 2.24) is 0 Å². The molecule has 244 valence electrons. The number of benzene rings is 3. The molecule has 0 aliphatic heterocycles. The average Bonchev–Trinajstić information content (AvgIpc) is 2.89. The summed E-state index contributed by atoms with van der Waals surface area (Å²) in [5.74, 6) is -15.7. The van der Waals surface area contributed by atoms with E-state index in [0.29, 0.717) is 4.13 Å². The minimum absolute atomic E-state index is 0.0229. The first kappa shape index (κ1) is 37.2. The normalized spacial score (nSPS) is 13.8. The molecule has 0 heterocycles. The fourth-order valence-electron chi connectivity index (χ4n) is 2.94. The summed E-state index contributed by atoms with van der Waals surface area (Å²) in [4.78, 5) is 4.10. The molecule has 3 aromatic carbocycles. The van der Waals surface area contributed by atoms with E-state index in [9.17, 15) is 69.5 Å². The van der Waals surface area contributed by atoms with Crippen LogP contribution in [0.25, 0.3) is 4.13 Å². The van der Waals surface area contributed by atoms with Gasteiger partial charge in [0.2, 0.25) is 0 Å². The number of hydrogen-bond donors (Lipinski definition) is 0. The Hall–Kier alpha value is -2.97. The quantitative estimate of drug-likeness (QED) is 0.175. The summed E-state index contributed by atoms with van der Waals surface area (Å²) in [6, 6.07) is 30.4. The molecule has 0 unspecified atom stereocenters. The van der Waals surface area contributed by atoms with E-state index in [0.717, 1.165) is 0 Å². The van der Waals surface area contributed by atoms with E-state index >= 15 is 0 Å². The Balaban J connectivity index is 0.000000310. The fraction of sp³-hybridized carbons (Fsp3) is 0.250. The molecule has 0 amide bonds. The molecule has 0 saturated carbocycles. The number of aryl methyl sites for hydroxylation is 1. The van der Waals surface area contributed by atoms with E-state index < -0.39 is 48.8 Å². The van der Waals surface area contributed by atoms with Crippen LogP contribution in [0.2, 0.25) is 0 Å². The predicted octanol–water partition coefficient (Wildman–Crippen LogP) is 8.06. The lowest BCUT2D eigenvalue weighted by molar-refractivity contribution is -0.382. The zero-order chi connectivity index (χ0) is 34.0. The molecule has 44 heavy (non-hydrogen) atoms. The Bertz CT molecular complexity index is 1570. The first-order valence-electron chi connectivity index (χ1n) is 11.2. The number of hydrogen-bond acceptors (Lipinski definition) is 4. The monoisotopic (exact) mass is 707 g/mol. The van der Waals surface area contributed by atoms with Gasteiger partial charge < -0.3 is 4.13 Å². The van der Waals surface area contributed by atoms with Crippen LogP contribution in [0.4, 0.5) is 52.7 Å². The van der Waals surface area contributed by atoms with Gasteiger partial charge in [0.15, 0.2) is 34.7 Å². The highest BCUT2D eigenvalue weighted by molar-refractivity contribution is 8.13. The van der Waals surface area contributed by atoms with Crippen LogP contribution in [0.15, 0.2) is 99.6 Å². The average molecular weight is 708 g/mol. The van der Waals surface area contributed by atoms with E-state index in [1.54, 1.807) is 0 Å². The van der Waals surface area contributed by atoms with Crippen LogP contribution in [0.3, 0.4) is 0 Å². The molecule has 0 atom stereocenters. The molecule has 0 aromatic heterocycles. The lowest BCUT2D eigenvalue weighted by Gasteiger charge is -2.36. The number of halogens is 12. The zero-order valence-electron chi connectivity index (χ0n) is 21.4. The van der Waals surface area contributed by atoms with Crippen molar-refractivity contribution in [1.29, 1.82) is 0 Å². The van der Waals surface area contributed by atoms with Crippen molar-refractivity contribution in [3.05, 3.63) is 94.6 Å². The highest BCUT2D eigenvalue weighted by atomic mass is 32.3. The first-order chi connectivity index (χ1) is 19.8. The van der Waals surface area contributed by atoms with Gasteiger partial charge in [0, 0.05) is 0 Å². The maximum absolute atomic E-state index is 12.9. The van der Waals surface area contributed by atoms with E-state index in [-0.39, 0.29) is 10.9 Å². The molecule has 0 aliphatic rings. The molecule has 3 aromatic rings. The van der Waals surface area contributed by atoms with Crippen LogP contribution in [0.1, 0.15) is 5.56 Å². The van der Waals surface area contributed by atoms with Crippen LogP contribution in [0.5, 0.6) is 0 Å². The summed E-state index contributed by atoms with van der Waals surface area (Å²) < 4.78 is 188. The minimum Gasteiger partial charge on any atom is -0.423 e. The van der Waals surface area contributed by atoms with Crippen LogP contribution < -0.4 is 0 Å². The van der Waals surface area contributed by atoms with Gasteiger partial charge in [0.05, 0.1) is 10.9 Å². The largest absolute Gasteiger partial charge is 0.480 e. The lowest BCUT2D eigenvalue weighted by atomic mass is 10.1. The second-order valence-electron chi connectivity index (χ2n) is 8.38. The van der Waals surface area contributed by atoms with Crippen molar-refractivity contribution in [3.63, 3.8) is 0 Å². The van der Waals surface area contributed by atoms with Gasteiger partial charge in [0.25, 0.3) is 0 Å². The van der Waals surface area contributed by atoms with Gasteiger partial charge in [-0.25, -0.2) is 16.8 Å². The smallest absolute Gasteiger partial charge is 0.423 e. The van der Waals surface area contributed by atoms with Gasteiger partial charge in [0.1, 0.15) is 0 Å². The van der Waals surface area contributed by atoms with Gasteiger partial charge in [-0.1, -0.05) is 54.1 Å². The minimum atomic E-state index is -8.05. The molecule has 0 spiro atoms. The first-order valence-corrected chi connectivity index (χ1v) is 15.3. The summed E-state index contributed by atoms with van der Waals surface area (Å²) in [5, 5.41) is -7.67. The topological polar surface area (TPSA) is 82.4 Å². The molecule has 3 rings (SSSR count). The number of sulfonamides is 2. The Morgan fingerprint density at radius 1 is 0.523 bits per heavy atom. The van der Waals surface area contributed by atoms with E-state index in [1.165, 1.54) is 20.2 Å². The van der Waals surface area contributed by atoms with Crippen LogP contribution >= 0.6 is 0 Å². The molecular formula is C24H17F12NO4S3. The third kappa shape index (κ3) is 7.63. The summed E-state index contributed by atoms with van der Waals surface area (Å²) in [6.07, 6.45) is -7.47. The maximum Gasteiger partial charge on any atom is 0.480 e. The summed E-state index contributed by atoms with van der Waals surface area (Å²) >= 11 is 0. The van der Waals surface area contributed by atoms with Crippen molar-refractivity contribution in [2.24, 2.45) is 0 Å². The van der Waals surface area contributed by atoms with Gasteiger partial charge in [-0.3, -0.25) is 0 Å². The van der Waals surface area contributed by atoms with Crippen LogP contribution in [-0.2, 0) is 30.9 Å². The second-order valence-corrected chi connectivity index (χ2v) is 13.9. The van der Waals surface area contributed by atoms with E-state index in [2.05, 4.69) is 91.9 Å². The van der Waals surface area contributed by atoms with Gasteiger partial charge in [-0.05, 0) is 43.3 Å². The SMILES string of the molecule is Cc1ccc([S+](c2ccccc2)c2ccccc2)cc1.O=S(=O)([N-]S(=O)(=O)C(F)(F)C(F)(F)C(F)(F)C(F)(F)F)C(F)(F)F. The third-order valence-electron chi connectivity index (χ3n) is 5.14. The van der Waals surface area contributed by atoms with E-state index in [1.807, 2.05) is 0 Å². The Morgan fingerprint density at radius 3 is 1.23 bits per heavy atom. The van der Waals surface area contributed by atoms with Gasteiger partial charge in [-0.2, -0.15) is 52.7 Å². The summed E-state index contributed by atoms with van der Waals surface area (Å²) in [6.45, 7) is 2.13. The molecule has 0 saturated heterocycles.